The lowest BCUT2D eigenvalue weighted by Gasteiger charge is -2.41. The van der Waals surface area contributed by atoms with Gasteiger partial charge in [0.05, 0.1) is 0 Å². The SMILES string of the molecule is C1CCC2CC3CCCC3CC2C1.C1CCC2CC3CCCC3CC2C1.CC.CC.CC.CC.CC(C)(C)C.CCC. The minimum Gasteiger partial charge on any atom is -0.0683 e. The minimum absolute atomic E-state index is 0.500. The Balaban J connectivity index is 0. The minimum atomic E-state index is 0.500. The average Bonchev–Trinajstić information content (AvgIpc) is 3.67. The average molecular weight is 593 g/mol. The monoisotopic (exact) mass is 593 g/mol. The van der Waals surface area contributed by atoms with E-state index in [0.717, 1.165) is 23.7 Å². The summed E-state index contributed by atoms with van der Waals surface area (Å²) in [5.74, 6) is 9.31. The molecular formula is C42H88. The maximum atomic E-state index is 2.19. The lowest BCUT2D eigenvalue weighted by molar-refractivity contribution is 0.0942. The molecule has 8 atom stereocenters. The Morgan fingerprint density at radius 2 is 0.452 bits per heavy atom. The molecule has 0 amide bonds. The maximum Gasteiger partial charge on any atom is -0.0383 e. The predicted molar refractivity (Wildman–Crippen MR) is 198 cm³/mol. The Hall–Kier alpha value is 0. The molecular weight excluding hydrogens is 504 g/mol. The van der Waals surface area contributed by atoms with Gasteiger partial charge in [0.15, 0.2) is 0 Å². The van der Waals surface area contributed by atoms with Crippen LogP contribution in [0.25, 0.3) is 0 Å². The van der Waals surface area contributed by atoms with E-state index in [9.17, 15) is 0 Å². The van der Waals surface area contributed by atoms with Crippen LogP contribution in [0.1, 0.15) is 219 Å². The quantitative estimate of drug-likeness (QED) is 0.262. The largest absolute Gasteiger partial charge is 0.0683 e. The van der Waals surface area contributed by atoms with Crippen molar-refractivity contribution in [3.05, 3.63) is 0 Å². The van der Waals surface area contributed by atoms with E-state index in [-0.39, 0.29) is 0 Å². The van der Waals surface area contributed by atoms with Gasteiger partial charge in [-0.3, -0.25) is 0 Å². The highest BCUT2D eigenvalue weighted by Crippen LogP contribution is 2.52. The second-order valence-corrected chi connectivity index (χ2v) is 15.2. The summed E-state index contributed by atoms with van der Waals surface area (Å²) in [7, 11) is 0. The van der Waals surface area contributed by atoms with E-state index in [4.69, 9.17) is 0 Å². The van der Waals surface area contributed by atoms with Gasteiger partial charge in [-0.1, -0.05) is 193 Å². The van der Waals surface area contributed by atoms with Crippen LogP contribution in [0.3, 0.4) is 0 Å². The van der Waals surface area contributed by atoms with E-state index in [1.165, 1.54) is 30.1 Å². The molecule has 6 rings (SSSR count). The zero-order valence-corrected chi connectivity index (χ0v) is 32.6. The maximum absolute atomic E-state index is 2.19. The van der Waals surface area contributed by atoms with Gasteiger partial charge < -0.3 is 0 Å². The zero-order valence-electron chi connectivity index (χ0n) is 32.6. The molecule has 6 saturated carbocycles. The summed E-state index contributed by atoms with van der Waals surface area (Å²) in [5, 5.41) is 0. The molecule has 256 valence electrons. The van der Waals surface area contributed by atoms with Crippen LogP contribution in [0, 0.1) is 52.8 Å². The molecule has 0 aliphatic heterocycles. The van der Waals surface area contributed by atoms with Gasteiger partial charge in [0.2, 0.25) is 0 Å². The molecule has 8 unspecified atom stereocenters. The Labute approximate surface area is 271 Å². The van der Waals surface area contributed by atoms with Gasteiger partial charge >= 0.3 is 0 Å². The third kappa shape index (κ3) is 18.1. The van der Waals surface area contributed by atoms with Crippen LogP contribution in [-0.2, 0) is 0 Å². The van der Waals surface area contributed by atoms with Crippen molar-refractivity contribution < 1.29 is 0 Å². The van der Waals surface area contributed by atoms with Gasteiger partial charge in [-0.15, -0.1) is 0 Å². The van der Waals surface area contributed by atoms with E-state index in [1.807, 2.05) is 55.4 Å². The fraction of sp³-hybridized carbons (Fsp3) is 1.00. The molecule has 0 bridgehead atoms. The van der Waals surface area contributed by atoms with E-state index in [0.29, 0.717) is 5.41 Å². The van der Waals surface area contributed by atoms with Gasteiger partial charge in [0, 0.05) is 0 Å². The third-order valence-electron chi connectivity index (χ3n) is 10.2. The Morgan fingerprint density at radius 3 is 0.595 bits per heavy atom. The highest BCUT2D eigenvalue weighted by molar-refractivity contribution is 4.91. The van der Waals surface area contributed by atoms with Gasteiger partial charge in [-0.2, -0.15) is 0 Å². The van der Waals surface area contributed by atoms with Crippen molar-refractivity contribution in [2.45, 2.75) is 219 Å². The third-order valence-corrected chi connectivity index (χ3v) is 10.2. The first-order chi connectivity index (χ1) is 20.3. The normalized spacial score (nSPS) is 33.3. The summed E-state index contributed by atoms with van der Waals surface area (Å²) in [6, 6.07) is 0. The van der Waals surface area contributed by atoms with E-state index in [1.54, 1.807) is 116 Å². The highest BCUT2D eigenvalue weighted by atomic mass is 14.5. The molecule has 42 heavy (non-hydrogen) atoms. The number of fused-ring (bicyclic) bond motifs is 4. The molecule has 0 heteroatoms. The number of hydrogen-bond donors (Lipinski definition) is 0. The lowest BCUT2D eigenvalue weighted by atomic mass is 9.64. The van der Waals surface area contributed by atoms with Crippen LogP contribution in [0.5, 0.6) is 0 Å². The summed E-state index contributed by atoms with van der Waals surface area (Å²) in [4.78, 5) is 0. The summed E-state index contributed by atoms with van der Waals surface area (Å²) in [6.07, 6.45) is 29.6. The van der Waals surface area contributed by atoms with Gasteiger partial charge in [-0.05, 0) is 78.4 Å². The van der Waals surface area contributed by atoms with Crippen molar-refractivity contribution in [2.75, 3.05) is 0 Å². The van der Waals surface area contributed by atoms with Crippen LogP contribution in [-0.4, -0.2) is 0 Å². The first-order valence-corrected chi connectivity index (χ1v) is 20.3. The van der Waals surface area contributed by atoms with Crippen molar-refractivity contribution in [3.8, 4) is 0 Å². The first-order valence-electron chi connectivity index (χ1n) is 20.3. The van der Waals surface area contributed by atoms with Crippen molar-refractivity contribution in [3.63, 3.8) is 0 Å². The summed E-state index contributed by atoms with van der Waals surface area (Å²) >= 11 is 0. The molecule has 0 nitrogen and oxygen atoms in total. The van der Waals surface area contributed by atoms with Crippen molar-refractivity contribution in [2.24, 2.45) is 52.8 Å². The first kappa shape index (κ1) is 44.1. The van der Waals surface area contributed by atoms with Crippen LogP contribution < -0.4 is 0 Å². The fourth-order valence-corrected chi connectivity index (χ4v) is 8.83. The standard InChI is InChI=1S/2C13H22.C5H12.C3H8.4C2H6/c2*1-2-5-11-9-13-7-3-6-12(13)8-10(11)4-1;1-5(2,3)4;1-3-2;4*1-2/h2*10-13H,1-9H2;1-4H3;3H2,1-2H3;4*1-2H3. The molecule has 0 spiro atoms. The number of rotatable bonds is 0. The second-order valence-electron chi connectivity index (χ2n) is 15.2. The second kappa shape index (κ2) is 27.3. The van der Waals surface area contributed by atoms with Crippen molar-refractivity contribution >= 4 is 0 Å². The predicted octanol–water partition coefficient (Wildman–Crippen LogP) is 15.6. The molecule has 6 aliphatic carbocycles. The molecule has 0 N–H and O–H groups in total. The molecule has 0 saturated heterocycles. The van der Waals surface area contributed by atoms with Crippen molar-refractivity contribution in [1.29, 1.82) is 0 Å². The molecule has 0 heterocycles. The Bertz CT molecular complexity index is 453. The van der Waals surface area contributed by atoms with E-state index < -0.39 is 0 Å². The van der Waals surface area contributed by atoms with Gasteiger partial charge in [0.1, 0.15) is 0 Å². The zero-order chi connectivity index (χ0) is 32.6. The molecule has 6 aliphatic rings. The highest BCUT2D eigenvalue weighted by Gasteiger charge is 2.40. The van der Waals surface area contributed by atoms with Crippen LogP contribution in [0.15, 0.2) is 0 Å². The van der Waals surface area contributed by atoms with Crippen LogP contribution >= 0.6 is 0 Å². The molecule has 0 aromatic rings. The molecule has 6 fully saturated rings. The Morgan fingerprint density at radius 1 is 0.333 bits per heavy atom. The van der Waals surface area contributed by atoms with Crippen LogP contribution in [0.4, 0.5) is 0 Å². The Kier molecular flexibility index (Phi) is 28.7. The topological polar surface area (TPSA) is 0 Å². The summed E-state index contributed by atoms with van der Waals surface area (Å²) < 4.78 is 0. The lowest BCUT2D eigenvalue weighted by Crippen LogP contribution is -2.31. The number of hydrogen-bond acceptors (Lipinski definition) is 0. The summed E-state index contributed by atoms with van der Waals surface area (Å²) in [5.41, 5.74) is 0.500. The smallest absolute Gasteiger partial charge is 0.0383 e. The fourth-order valence-electron chi connectivity index (χ4n) is 8.83. The summed E-state index contributed by atoms with van der Waals surface area (Å²) in [6.45, 7) is 29.0. The van der Waals surface area contributed by atoms with Gasteiger partial charge in [-0.25, -0.2) is 0 Å². The molecule has 0 aromatic carbocycles. The molecule has 0 aromatic heterocycles. The van der Waals surface area contributed by atoms with Gasteiger partial charge in [0.25, 0.3) is 0 Å². The van der Waals surface area contributed by atoms with E-state index in [2.05, 4.69) is 41.5 Å². The van der Waals surface area contributed by atoms with Crippen LogP contribution in [0.2, 0.25) is 0 Å². The molecule has 0 radical (unpaired) electrons. The van der Waals surface area contributed by atoms with Crippen molar-refractivity contribution in [1.82, 2.24) is 0 Å². The van der Waals surface area contributed by atoms with E-state index >= 15 is 0 Å².